The van der Waals surface area contributed by atoms with Crippen molar-refractivity contribution in [1.29, 1.82) is 0 Å². The van der Waals surface area contributed by atoms with Crippen LogP contribution in [0, 0.1) is 0 Å². The molecule has 0 unspecified atom stereocenters. The van der Waals surface area contributed by atoms with Gasteiger partial charge < -0.3 is 15.9 Å². The summed E-state index contributed by atoms with van der Waals surface area (Å²) in [5.74, 6) is -0.770. The van der Waals surface area contributed by atoms with Gasteiger partial charge in [0, 0.05) is 12.1 Å². The van der Waals surface area contributed by atoms with Gasteiger partial charge in [0.05, 0.1) is 11.1 Å². The van der Waals surface area contributed by atoms with E-state index in [-0.39, 0.29) is 11.5 Å². The van der Waals surface area contributed by atoms with E-state index in [9.17, 15) is 15.0 Å². The van der Waals surface area contributed by atoms with Crippen molar-refractivity contribution in [3.8, 4) is 11.5 Å². The maximum Gasteiger partial charge on any atom is 0.249 e. The molecule has 0 spiro atoms. The molecule has 5 heteroatoms. The van der Waals surface area contributed by atoms with Gasteiger partial charge in [0.15, 0.2) is 30.4 Å². The van der Waals surface area contributed by atoms with E-state index >= 15 is 0 Å². The third-order valence-corrected chi connectivity index (χ3v) is 2.63. The number of hydrogen-bond donors (Lipinski definition) is 3. The second kappa shape index (κ2) is 4.75. The van der Waals surface area contributed by atoms with Crippen LogP contribution in [0.5, 0.6) is 11.5 Å². The molecule has 1 aromatic carbocycles. The van der Waals surface area contributed by atoms with Crippen LogP contribution in [-0.4, -0.2) is 16.1 Å². The maximum absolute atomic E-state index is 10.9. The zero-order valence-corrected chi connectivity index (χ0v) is 9.58. The van der Waals surface area contributed by atoms with E-state index < -0.39 is 5.91 Å². The molecule has 2 aromatic rings. The monoisotopic (exact) mass is 245 g/mol. The van der Waals surface area contributed by atoms with E-state index in [1.807, 2.05) is 0 Å². The normalized spacial score (nSPS) is 10.2. The number of benzene rings is 1. The topological polar surface area (TPSA) is 87.4 Å². The van der Waals surface area contributed by atoms with Crippen LogP contribution in [0.4, 0.5) is 0 Å². The van der Waals surface area contributed by atoms with Gasteiger partial charge in [0.2, 0.25) is 5.91 Å². The van der Waals surface area contributed by atoms with Gasteiger partial charge in [-0.05, 0) is 12.1 Å². The second-order valence-electron chi connectivity index (χ2n) is 3.91. The molecule has 0 fully saturated rings. The fourth-order valence-electron chi connectivity index (χ4n) is 1.63. The molecule has 1 heterocycles. The number of para-hydroxylation sites is 1. The summed E-state index contributed by atoms with van der Waals surface area (Å²) < 4.78 is 1.76. The fourth-order valence-corrected chi connectivity index (χ4v) is 1.63. The van der Waals surface area contributed by atoms with Crippen molar-refractivity contribution >= 4 is 5.91 Å². The lowest BCUT2D eigenvalue weighted by Crippen LogP contribution is -2.33. The minimum Gasteiger partial charge on any atom is -0.504 e. The minimum absolute atomic E-state index is 0.135. The third kappa shape index (κ3) is 2.40. The molecule has 5 nitrogen and oxygen atoms in total. The highest BCUT2D eigenvalue weighted by atomic mass is 16.3. The first kappa shape index (κ1) is 11.9. The Kier molecular flexibility index (Phi) is 3.14. The molecule has 0 aliphatic rings. The van der Waals surface area contributed by atoms with Crippen LogP contribution in [0.3, 0.4) is 0 Å². The van der Waals surface area contributed by atoms with E-state index in [1.54, 1.807) is 41.2 Å². The number of carbonyl (C=O) groups is 1. The lowest BCUT2D eigenvalue weighted by molar-refractivity contribution is -0.688. The Morgan fingerprint density at radius 1 is 1.17 bits per heavy atom. The predicted molar refractivity (Wildman–Crippen MR) is 64.0 cm³/mol. The van der Waals surface area contributed by atoms with Crippen LogP contribution in [0.2, 0.25) is 0 Å². The van der Waals surface area contributed by atoms with Gasteiger partial charge in [-0.25, -0.2) is 4.57 Å². The molecule has 0 aliphatic carbocycles. The van der Waals surface area contributed by atoms with Crippen LogP contribution < -0.4 is 10.3 Å². The van der Waals surface area contributed by atoms with Gasteiger partial charge in [-0.3, -0.25) is 4.79 Å². The summed E-state index contributed by atoms with van der Waals surface area (Å²) in [5.41, 5.74) is 6.15. The number of hydrogen-bond acceptors (Lipinski definition) is 3. The average molecular weight is 245 g/mol. The van der Waals surface area contributed by atoms with Gasteiger partial charge in [-0.1, -0.05) is 6.07 Å². The van der Waals surface area contributed by atoms with Gasteiger partial charge in [0.1, 0.15) is 0 Å². The molecule has 4 N–H and O–H groups in total. The van der Waals surface area contributed by atoms with Crippen molar-refractivity contribution in [3.05, 3.63) is 53.9 Å². The summed E-state index contributed by atoms with van der Waals surface area (Å²) in [6.07, 6.45) is 3.37. The first-order valence-corrected chi connectivity index (χ1v) is 5.36. The first-order chi connectivity index (χ1) is 8.58. The van der Waals surface area contributed by atoms with Crippen LogP contribution in [0.25, 0.3) is 0 Å². The Bertz CT molecular complexity index is 579. The molecule has 0 atom stereocenters. The van der Waals surface area contributed by atoms with Crippen molar-refractivity contribution in [3.63, 3.8) is 0 Å². The molecule has 2 rings (SSSR count). The van der Waals surface area contributed by atoms with Crippen LogP contribution >= 0.6 is 0 Å². The van der Waals surface area contributed by atoms with E-state index in [0.29, 0.717) is 17.7 Å². The summed E-state index contributed by atoms with van der Waals surface area (Å²) in [6.45, 7) is 0.388. The lowest BCUT2D eigenvalue weighted by atomic mass is 10.2. The highest BCUT2D eigenvalue weighted by molar-refractivity contribution is 5.92. The number of phenols is 2. The number of aromatic nitrogens is 1. The number of phenolic OH excluding ortho intramolecular Hbond substituents is 2. The first-order valence-electron chi connectivity index (χ1n) is 5.36. The number of nitrogens with two attached hydrogens (primary N) is 1. The van der Waals surface area contributed by atoms with Gasteiger partial charge >= 0.3 is 0 Å². The predicted octanol–water partition coefficient (Wildman–Crippen LogP) is 0.532. The molecule has 0 bridgehead atoms. The molecule has 1 aromatic heterocycles. The quantitative estimate of drug-likeness (QED) is 0.544. The maximum atomic E-state index is 10.9. The molecular formula is C13H13N2O3+. The third-order valence-electron chi connectivity index (χ3n) is 2.63. The second-order valence-corrected chi connectivity index (χ2v) is 3.91. The molecule has 18 heavy (non-hydrogen) atoms. The number of rotatable bonds is 3. The van der Waals surface area contributed by atoms with Crippen LogP contribution in [-0.2, 0) is 6.54 Å². The summed E-state index contributed by atoms with van der Waals surface area (Å²) in [4.78, 5) is 10.9. The Morgan fingerprint density at radius 3 is 2.44 bits per heavy atom. The van der Waals surface area contributed by atoms with Gasteiger partial charge in [-0.2, -0.15) is 0 Å². The zero-order valence-electron chi connectivity index (χ0n) is 9.58. The largest absolute Gasteiger partial charge is 0.504 e. The molecule has 0 saturated heterocycles. The number of aromatic hydroxyl groups is 2. The van der Waals surface area contributed by atoms with Crippen molar-refractivity contribution in [2.75, 3.05) is 0 Å². The Labute approximate surface area is 104 Å². The highest BCUT2D eigenvalue weighted by Crippen LogP contribution is 2.27. The molecular weight excluding hydrogens is 232 g/mol. The summed E-state index contributed by atoms with van der Waals surface area (Å²) in [5, 5.41) is 19.0. The SMILES string of the molecule is NC(=O)c1cc[n+](Cc2cccc(O)c2O)cc1. The van der Waals surface area contributed by atoms with Crippen molar-refractivity contribution in [1.82, 2.24) is 0 Å². The Morgan fingerprint density at radius 2 is 1.83 bits per heavy atom. The van der Waals surface area contributed by atoms with E-state index in [4.69, 9.17) is 5.73 Å². The van der Waals surface area contributed by atoms with Crippen molar-refractivity contribution in [2.45, 2.75) is 6.54 Å². The number of carbonyl (C=O) groups excluding carboxylic acids is 1. The molecule has 1 amide bonds. The van der Waals surface area contributed by atoms with E-state index in [2.05, 4.69) is 0 Å². The number of nitrogens with zero attached hydrogens (tertiary/aromatic N) is 1. The minimum atomic E-state index is -0.484. The zero-order chi connectivity index (χ0) is 13.1. The number of amides is 1. The Hall–Kier alpha value is -2.56. The standard InChI is InChI=1S/C13H12N2O3/c14-13(18)9-4-6-15(7-5-9)8-10-2-1-3-11(16)12(10)17/h1-7,18H,8,14H2/p+1. The van der Waals surface area contributed by atoms with Crippen molar-refractivity contribution < 1.29 is 19.6 Å². The Balaban J connectivity index is 2.24. The molecule has 92 valence electrons. The highest BCUT2D eigenvalue weighted by Gasteiger charge is 2.11. The van der Waals surface area contributed by atoms with Crippen LogP contribution in [0.15, 0.2) is 42.7 Å². The summed E-state index contributed by atoms with van der Waals surface area (Å²) in [7, 11) is 0. The fraction of sp³-hybridized carbons (Fsp3) is 0.0769. The van der Waals surface area contributed by atoms with Gasteiger partial charge in [-0.15, -0.1) is 0 Å². The molecule has 0 saturated carbocycles. The lowest BCUT2D eigenvalue weighted by Gasteiger charge is -2.03. The van der Waals surface area contributed by atoms with E-state index in [0.717, 1.165) is 0 Å². The molecule has 0 radical (unpaired) electrons. The smallest absolute Gasteiger partial charge is 0.249 e. The molecule has 0 aliphatic heterocycles. The summed E-state index contributed by atoms with van der Waals surface area (Å²) >= 11 is 0. The van der Waals surface area contributed by atoms with Crippen molar-refractivity contribution in [2.24, 2.45) is 5.73 Å². The van der Waals surface area contributed by atoms with Gasteiger partial charge in [0.25, 0.3) is 0 Å². The van der Waals surface area contributed by atoms with E-state index in [1.165, 1.54) is 6.07 Å². The van der Waals surface area contributed by atoms with Crippen LogP contribution in [0.1, 0.15) is 15.9 Å². The summed E-state index contributed by atoms with van der Waals surface area (Å²) in [6, 6.07) is 7.98. The number of pyridine rings is 1. The number of primary amides is 1. The average Bonchev–Trinajstić information content (AvgIpc) is 2.36.